The lowest BCUT2D eigenvalue weighted by molar-refractivity contribution is -0.114. The fraction of sp³-hybridized carbons (Fsp3) is 0.316. The van der Waals surface area contributed by atoms with E-state index in [9.17, 15) is 9.18 Å². The molecule has 6 heteroatoms. The van der Waals surface area contributed by atoms with Gasteiger partial charge in [-0.15, -0.1) is 0 Å². The number of carbonyl (C=O) groups excluding carboxylic acids is 1. The molecule has 1 unspecified atom stereocenters. The van der Waals surface area contributed by atoms with E-state index in [1.54, 1.807) is 24.3 Å². The first-order valence-corrected chi connectivity index (χ1v) is 8.33. The van der Waals surface area contributed by atoms with E-state index in [1.165, 1.54) is 12.1 Å². The average Bonchev–Trinajstić information content (AvgIpc) is 3.13. The van der Waals surface area contributed by atoms with Crippen LogP contribution in [0.4, 0.5) is 15.8 Å². The SMILES string of the molecule is O=C(CNc1ccc(F)cc1)Nc1cccc(OCC2CCCO2)c1. The molecule has 1 amide bonds. The molecule has 0 radical (unpaired) electrons. The van der Waals surface area contributed by atoms with Gasteiger partial charge in [-0.25, -0.2) is 4.39 Å². The van der Waals surface area contributed by atoms with E-state index < -0.39 is 0 Å². The Morgan fingerprint density at radius 2 is 2.04 bits per heavy atom. The maximum atomic E-state index is 12.8. The fourth-order valence-electron chi connectivity index (χ4n) is 2.58. The highest BCUT2D eigenvalue weighted by molar-refractivity contribution is 5.93. The Kier molecular flexibility index (Phi) is 5.85. The molecule has 0 saturated carbocycles. The van der Waals surface area contributed by atoms with Gasteiger partial charge in [0.15, 0.2) is 0 Å². The van der Waals surface area contributed by atoms with Crippen LogP contribution in [0, 0.1) is 5.82 Å². The van der Waals surface area contributed by atoms with Crippen molar-refractivity contribution in [2.45, 2.75) is 18.9 Å². The van der Waals surface area contributed by atoms with E-state index in [0.29, 0.717) is 23.7 Å². The van der Waals surface area contributed by atoms with Gasteiger partial charge in [0.25, 0.3) is 0 Å². The van der Waals surface area contributed by atoms with Crippen molar-refractivity contribution in [2.75, 3.05) is 30.4 Å². The zero-order valence-corrected chi connectivity index (χ0v) is 13.8. The van der Waals surface area contributed by atoms with Gasteiger partial charge in [-0.3, -0.25) is 4.79 Å². The first kappa shape index (κ1) is 17.2. The number of hydrogen-bond acceptors (Lipinski definition) is 4. The van der Waals surface area contributed by atoms with Gasteiger partial charge in [-0.05, 0) is 49.2 Å². The summed E-state index contributed by atoms with van der Waals surface area (Å²) in [7, 11) is 0. The molecule has 0 aromatic heterocycles. The molecule has 1 atom stereocenters. The number of carbonyl (C=O) groups is 1. The molecule has 2 aromatic rings. The standard InChI is InChI=1S/C19H21FN2O3/c20-14-6-8-15(9-7-14)21-12-19(23)22-16-3-1-4-17(11-16)25-13-18-5-2-10-24-18/h1,3-4,6-9,11,18,21H,2,5,10,12-13H2,(H,22,23). The van der Waals surface area contributed by atoms with Crippen molar-refractivity contribution >= 4 is 17.3 Å². The summed E-state index contributed by atoms with van der Waals surface area (Å²) in [5, 5.41) is 5.75. The number of rotatable bonds is 7. The van der Waals surface area contributed by atoms with Crippen molar-refractivity contribution in [3.05, 3.63) is 54.3 Å². The minimum atomic E-state index is -0.310. The summed E-state index contributed by atoms with van der Waals surface area (Å²) in [5.74, 6) is 0.190. The van der Waals surface area contributed by atoms with Gasteiger partial charge in [0.1, 0.15) is 18.2 Å². The molecule has 2 aromatic carbocycles. The Morgan fingerprint density at radius 3 is 2.80 bits per heavy atom. The number of nitrogens with one attached hydrogen (secondary N) is 2. The van der Waals surface area contributed by atoms with Crippen LogP contribution in [0.15, 0.2) is 48.5 Å². The third-order valence-electron chi connectivity index (χ3n) is 3.87. The number of halogens is 1. The van der Waals surface area contributed by atoms with Crippen LogP contribution in [0.3, 0.4) is 0 Å². The topological polar surface area (TPSA) is 59.6 Å². The maximum Gasteiger partial charge on any atom is 0.243 e. The van der Waals surface area contributed by atoms with Gasteiger partial charge in [-0.1, -0.05) is 6.07 Å². The highest BCUT2D eigenvalue weighted by Gasteiger charge is 2.16. The predicted molar refractivity (Wildman–Crippen MR) is 94.4 cm³/mol. The van der Waals surface area contributed by atoms with Crippen LogP contribution in [0.2, 0.25) is 0 Å². The number of benzene rings is 2. The third kappa shape index (κ3) is 5.46. The van der Waals surface area contributed by atoms with E-state index in [1.807, 2.05) is 12.1 Å². The smallest absolute Gasteiger partial charge is 0.243 e. The van der Waals surface area contributed by atoms with E-state index in [4.69, 9.17) is 9.47 Å². The minimum absolute atomic E-state index is 0.0899. The van der Waals surface area contributed by atoms with Gasteiger partial charge >= 0.3 is 0 Å². The first-order chi connectivity index (χ1) is 12.2. The van der Waals surface area contributed by atoms with Crippen LogP contribution in [0.1, 0.15) is 12.8 Å². The van der Waals surface area contributed by atoms with E-state index in [2.05, 4.69) is 10.6 Å². The van der Waals surface area contributed by atoms with Crippen LogP contribution < -0.4 is 15.4 Å². The van der Waals surface area contributed by atoms with Crippen LogP contribution in [-0.4, -0.2) is 31.8 Å². The summed E-state index contributed by atoms with van der Waals surface area (Å²) < 4.78 is 24.1. The Labute approximate surface area is 146 Å². The molecule has 1 saturated heterocycles. The van der Waals surface area contributed by atoms with Gasteiger partial charge in [0.2, 0.25) is 5.91 Å². The van der Waals surface area contributed by atoms with Crippen LogP contribution in [0.25, 0.3) is 0 Å². The molecule has 0 aliphatic carbocycles. The van der Waals surface area contributed by atoms with Crippen molar-refractivity contribution < 1.29 is 18.7 Å². The summed E-state index contributed by atoms with van der Waals surface area (Å²) in [5.41, 5.74) is 1.35. The second-order valence-electron chi connectivity index (χ2n) is 5.88. The summed E-state index contributed by atoms with van der Waals surface area (Å²) in [6.45, 7) is 1.40. The Balaban J connectivity index is 1.47. The maximum absolute atomic E-state index is 12.8. The molecule has 0 bridgehead atoms. The highest BCUT2D eigenvalue weighted by Crippen LogP contribution is 2.19. The quantitative estimate of drug-likeness (QED) is 0.808. The normalized spacial score (nSPS) is 16.4. The van der Waals surface area contributed by atoms with Gasteiger partial charge in [-0.2, -0.15) is 0 Å². The molecule has 1 aliphatic rings. The molecule has 1 heterocycles. The summed E-state index contributed by atoms with van der Waals surface area (Å²) in [6, 6.07) is 13.1. The Morgan fingerprint density at radius 1 is 1.20 bits per heavy atom. The lowest BCUT2D eigenvalue weighted by Crippen LogP contribution is -2.21. The number of anilines is 2. The first-order valence-electron chi connectivity index (χ1n) is 8.33. The van der Waals surface area contributed by atoms with E-state index in [0.717, 1.165) is 19.4 Å². The second-order valence-corrected chi connectivity index (χ2v) is 5.88. The highest BCUT2D eigenvalue weighted by atomic mass is 19.1. The van der Waals surface area contributed by atoms with Gasteiger partial charge < -0.3 is 20.1 Å². The number of hydrogen-bond donors (Lipinski definition) is 2. The average molecular weight is 344 g/mol. The molecule has 2 N–H and O–H groups in total. The van der Waals surface area contributed by atoms with Gasteiger partial charge in [0.05, 0.1) is 12.6 Å². The summed E-state index contributed by atoms with van der Waals surface area (Å²) in [6.07, 6.45) is 2.24. The zero-order chi connectivity index (χ0) is 17.5. The lowest BCUT2D eigenvalue weighted by atomic mass is 10.2. The molecule has 5 nitrogen and oxygen atoms in total. The summed E-state index contributed by atoms with van der Waals surface area (Å²) >= 11 is 0. The lowest BCUT2D eigenvalue weighted by Gasteiger charge is -2.13. The molecular weight excluding hydrogens is 323 g/mol. The Hall–Kier alpha value is -2.60. The molecule has 25 heavy (non-hydrogen) atoms. The fourth-order valence-corrected chi connectivity index (χ4v) is 2.58. The van der Waals surface area contributed by atoms with Crippen LogP contribution in [0.5, 0.6) is 5.75 Å². The minimum Gasteiger partial charge on any atom is -0.491 e. The molecule has 0 spiro atoms. The van der Waals surface area contributed by atoms with E-state index >= 15 is 0 Å². The largest absolute Gasteiger partial charge is 0.491 e. The van der Waals surface area contributed by atoms with Crippen LogP contribution >= 0.6 is 0 Å². The van der Waals surface area contributed by atoms with Crippen molar-refractivity contribution in [1.82, 2.24) is 0 Å². The second kappa shape index (κ2) is 8.48. The molecular formula is C19H21FN2O3. The van der Waals surface area contributed by atoms with Crippen molar-refractivity contribution in [3.8, 4) is 5.75 Å². The van der Waals surface area contributed by atoms with Crippen molar-refractivity contribution in [2.24, 2.45) is 0 Å². The number of amides is 1. The molecule has 1 fully saturated rings. The van der Waals surface area contributed by atoms with Crippen molar-refractivity contribution in [1.29, 1.82) is 0 Å². The predicted octanol–water partition coefficient (Wildman–Crippen LogP) is 3.43. The third-order valence-corrected chi connectivity index (χ3v) is 3.87. The summed E-state index contributed by atoms with van der Waals surface area (Å²) in [4.78, 5) is 12.0. The Bertz CT molecular complexity index is 700. The zero-order valence-electron chi connectivity index (χ0n) is 13.8. The van der Waals surface area contributed by atoms with E-state index in [-0.39, 0.29) is 24.4 Å². The van der Waals surface area contributed by atoms with Crippen LogP contribution in [-0.2, 0) is 9.53 Å². The van der Waals surface area contributed by atoms with Crippen molar-refractivity contribution in [3.63, 3.8) is 0 Å². The molecule has 132 valence electrons. The monoisotopic (exact) mass is 344 g/mol. The number of ether oxygens (including phenoxy) is 2. The molecule has 3 rings (SSSR count). The van der Waals surface area contributed by atoms with Gasteiger partial charge in [0, 0.05) is 24.0 Å². The molecule has 1 aliphatic heterocycles.